The smallest absolute Gasteiger partial charge is 0.122 e. The highest BCUT2D eigenvalue weighted by molar-refractivity contribution is 7.11. The van der Waals surface area contributed by atoms with Crippen molar-refractivity contribution in [3.8, 4) is 0 Å². The van der Waals surface area contributed by atoms with Crippen LogP contribution < -0.4 is 5.73 Å². The molecule has 2 fully saturated rings. The number of hydrogen-bond donors (Lipinski definition) is 1. The van der Waals surface area contributed by atoms with Gasteiger partial charge in [-0.25, -0.2) is 4.98 Å². The largest absolute Gasteiger partial charge is 0.371 e. The third-order valence-electron chi connectivity index (χ3n) is 5.20. The topological polar surface area (TPSA) is 51.4 Å². The van der Waals surface area contributed by atoms with Crippen molar-refractivity contribution >= 4 is 23.7 Å². The van der Waals surface area contributed by atoms with Gasteiger partial charge in [-0.2, -0.15) is 0 Å². The minimum Gasteiger partial charge on any atom is -0.371 e. The lowest BCUT2D eigenvalue weighted by Crippen LogP contribution is -2.22. The monoisotopic (exact) mass is 379 g/mol. The van der Waals surface area contributed by atoms with Crippen molar-refractivity contribution in [2.24, 2.45) is 11.7 Å². The second-order valence-electron chi connectivity index (χ2n) is 6.87. The Labute approximate surface area is 159 Å². The average molecular weight is 380 g/mol. The summed E-state index contributed by atoms with van der Waals surface area (Å²) in [5, 5.41) is 1.15. The Bertz CT molecular complexity index is 660. The van der Waals surface area contributed by atoms with E-state index in [2.05, 4.69) is 40.2 Å². The minimum atomic E-state index is 0. The van der Waals surface area contributed by atoms with Gasteiger partial charge in [0.1, 0.15) is 11.1 Å². The summed E-state index contributed by atoms with van der Waals surface area (Å²) in [6.07, 6.45) is 4.54. The molecule has 2 N–H and O–H groups in total. The van der Waals surface area contributed by atoms with Crippen LogP contribution in [0.15, 0.2) is 36.5 Å². The van der Waals surface area contributed by atoms with Gasteiger partial charge < -0.3 is 10.5 Å². The first-order valence-electron chi connectivity index (χ1n) is 8.87. The maximum Gasteiger partial charge on any atom is 0.122 e. The summed E-state index contributed by atoms with van der Waals surface area (Å²) in [6.45, 7) is 4.76. The van der Waals surface area contributed by atoms with E-state index in [9.17, 15) is 0 Å². The standard InChI is InChI=1S/C19H25N3OS.ClH/c20-9-15-11-22(13-17(15)14-5-2-1-3-6-14)12-16-10-21-19(24-16)18-7-4-8-23-18;/h1-3,5-6,10,15,17-18H,4,7-9,11-13,20H2;1H/t15-,17+,18?;/m1./s1. The Kier molecular flexibility index (Phi) is 6.47. The van der Waals surface area contributed by atoms with Crippen molar-refractivity contribution in [2.45, 2.75) is 31.4 Å². The molecule has 1 unspecified atom stereocenters. The van der Waals surface area contributed by atoms with E-state index in [0.29, 0.717) is 11.8 Å². The van der Waals surface area contributed by atoms with Gasteiger partial charge in [0, 0.05) is 43.2 Å². The van der Waals surface area contributed by atoms with E-state index < -0.39 is 0 Å². The maximum absolute atomic E-state index is 6.05. The Morgan fingerprint density at radius 1 is 1.24 bits per heavy atom. The maximum atomic E-state index is 6.05. The van der Waals surface area contributed by atoms with E-state index in [1.165, 1.54) is 10.4 Å². The zero-order valence-corrected chi connectivity index (χ0v) is 16.0. The van der Waals surface area contributed by atoms with E-state index >= 15 is 0 Å². The van der Waals surface area contributed by atoms with Crippen LogP contribution >= 0.6 is 23.7 Å². The number of rotatable bonds is 5. The molecule has 0 aliphatic carbocycles. The fraction of sp³-hybridized carbons (Fsp3) is 0.526. The Hall–Kier alpha value is -0.980. The molecule has 3 heterocycles. The van der Waals surface area contributed by atoms with Gasteiger partial charge in [-0.15, -0.1) is 23.7 Å². The van der Waals surface area contributed by atoms with Gasteiger partial charge in [-0.3, -0.25) is 4.90 Å². The van der Waals surface area contributed by atoms with Crippen LogP contribution in [-0.4, -0.2) is 36.1 Å². The van der Waals surface area contributed by atoms with Gasteiger partial charge in [-0.1, -0.05) is 30.3 Å². The van der Waals surface area contributed by atoms with E-state index in [1.54, 1.807) is 0 Å². The quantitative estimate of drug-likeness (QED) is 0.862. The average Bonchev–Trinajstić information content (AvgIpc) is 3.36. The third kappa shape index (κ3) is 4.23. The number of nitrogens with zero attached hydrogens (tertiary/aromatic N) is 2. The molecule has 0 amide bonds. The van der Waals surface area contributed by atoms with Crippen LogP contribution in [-0.2, 0) is 11.3 Å². The van der Waals surface area contributed by atoms with E-state index in [-0.39, 0.29) is 18.5 Å². The molecule has 6 heteroatoms. The molecule has 1 aromatic carbocycles. The van der Waals surface area contributed by atoms with Crippen molar-refractivity contribution < 1.29 is 4.74 Å². The molecular weight excluding hydrogens is 354 g/mol. The molecule has 0 saturated carbocycles. The van der Waals surface area contributed by atoms with Crippen molar-refractivity contribution in [3.05, 3.63) is 52.0 Å². The van der Waals surface area contributed by atoms with Crippen molar-refractivity contribution in [2.75, 3.05) is 26.2 Å². The summed E-state index contributed by atoms with van der Waals surface area (Å²) in [4.78, 5) is 8.47. The summed E-state index contributed by atoms with van der Waals surface area (Å²) in [7, 11) is 0. The molecule has 136 valence electrons. The van der Waals surface area contributed by atoms with Crippen molar-refractivity contribution in [1.82, 2.24) is 9.88 Å². The molecule has 2 saturated heterocycles. The second kappa shape index (κ2) is 8.60. The van der Waals surface area contributed by atoms with E-state index in [0.717, 1.165) is 50.6 Å². The van der Waals surface area contributed by atoms with Crippen LogP contribution in [0.3, 0.4) is 0 Å². The second-order valence-corrected chi connectivity index (χ2v) is 8.02. The molecule has 4 rings (SSSR count). The lowest BCUT2D eigenvalue weighted by Gasteiger charge is -2.16. The minimum absolute atomic E-state index is 0. The van der Waals surface area contributed by atoms with Gasteiger partial charge in [-0.05, 0) is 30.9 Å². The Morgan fingerprint density at radius 3 is 2.80 bits per heavy atom. The van der Waals surface area contributed by atoms with Gasteiger partial charge in [0.05, 0.1) is 0 Å². The molecule has 25 heavy (non-hydrogen) atoms. The predicted molar refractivity (Wildman–Crippen MR) is 104 cm³/mol. The fourth-order valence-corrected chi connectivity index (χ4v) is 4.99. The molecule has 2 aromatic rings. The summed E-state index contributed by atoms with van der Waals surface area (Å²) >= 11 is 1.81. The summed E-state index contributed by atoms with van der Waals surface area (Å²) in [5.41, 5.74) is 7.47. The van der Waals surface area contributed by atoms with Crippen LogP contribution in [0.1, 0.15) is 40.3 Å². The molecule has 1 aromatic heterocycles. The first-order valence-corrected chi connectivity index (χ1v) is 9.68. The Morgan fingerprint density at radius 2 is 2.08 bits per heavy atom. The molecule has 2 aliphatic rings. The number of nitrogens with two attached hydrogens (primary N) is 1. The SMILES string of the molecule is Cl.NC[C@@H]1CN(Cc2cnc(C3CCCO3)s2)C[C@H]1c1ccccc1. The molecule has 3 atom stereocenters. The van der Waals surface area contributed by atoms with E-state index in [1.807, 2.05) is 17.5 Å². The highest BCUT2D eigenvalue weighted by atomic mass is 35.5. The molecule has 4 nitrogen and oxygen atoms in total. The number of aromatic nitrogens is 1. The highest BCUT2D eigenvalue weighted by Gasteiger charge is 2.33. The summed E-state index contributed by atoms with van der Waals surface area (Å²) in [6, 6.07) is 10.8. The zero-order valence-electron chi connectivity index (χ0n) is 14.3. The fourth-order valence-electron chi connectivity index (χ4n) is 3.94. The number of benzene rings is 1. The van der Waals surface area contributed by atoms with Crippen molar-refractivity contribution in [3.63, 3.8) is 0 Å². The zero-order chi connectivity index (χ0) is 16.4. The van der Waals surface area contributed by atoms with Crippen LogP contribution in [0.4, 0.5) is 0 Å². The van der Waals surface area contributed by atoms with Gasteiger partial charge in [0.2, 0.25) is 0 Å². The van der Waals surface area contributed by atoms with Gasteiger partial charge >= 0.3 is 0 Å². The van der Waals surface area contributed by atoms with Crippen LogP contribution in [0.25, 0.3) is 0 Å². The summed E-state index contributed by atoms with van der Waals surface area (Å²) < 4.78 is 5.75. The number of halogens is 1. The lowest BCUT2D eigenvalue weighted by molar-refractivity contribution is 0.111. The number of hydrogen-bond acceptors (Lipinski definition) is 5. The van der Waals surface area contributed by atoms with E-state index in [4.69, 9.17) is 10.5 Å². The first-order chi connectivity index (χ1) is 11.8. The highest BCUT2D eigenvalue weighted by Crippen LogP contribution is 2.35. The molecule has 2 aliphatic heterocycles. The van der Waals surface area contributed by atoms with Crippen LogP contribution in [0, 0.1) is 5.92 Å². The Balaban J connectivity index is 0.00000182. The number of likely N-dealkylation sites (tertiary alicyclic amines) is 1. The number of thiazole rings is 1. The van der Waals surface area contributed by atoms with Gasteiger partial charge in [0.25, 0.3) is 0 Å². The van der Waals surface area contributed by atoms with Crippen LogP contribution in [0.2, 0.25) is 0 Å². The molecule has 0 bridgehead atoms. The van der Waals surface area contributed by atoms with Crippen molar-refractivity contribution in [1.29, 1.82) is 0 Å². The predicted octanol–water partition coefficient (Wildman–Crippen LogP) is 3.59. The molecule has 0 spiro atoms. The summed E-state index contributed by atoms with van der Waals surface area (Å²) in [5.74, 6) is 1.08. The molecular formula is C19H26ClN3OS. The lowest BCUT2D eigenvalue weighted by atomic mass is 9.89. The normalized spacial score (nSPS) is 26.7. The number of ether oxygens (including phenoxy) is 1. The first kappa shape index (κ1) is 18.8. The third-order valence-corrected chi connectivity index (χ3v) is 6.28. The van der Waals surface area contributed by atoms with Gasteiger partial charge in [0.15, 0.2) is 0 Å². The molecule has 0 radical (unpaired) electrons. The van der Waals surface area contributed by atoms with Crippen LogP contribution in [0.5, 0.6) is 0 Å².